The SMILES string of the molecule is CC(C)c1cc(Cc2c(Br)cc(-n3nc(C#N)c(=O)[nH]c3=O)cc2Br)c[nH]c1=O. The number of pyridine rings is 1. The molecule has 2 N–H and O–H groups in total. The van der Waals surface area contributed by atoms with Crippen LogP contribution in [0.25, 0.3) is 5.69 Å². The van der Waals surface area contributed by atoms with Crippen molar-refractivity contribution in [2.24, 2.45) is 0 Å². The van der Waals surface area contributed by atoms with Crippen molar-refractivity contribution in [3.63, 3.8) is 0 Å². The lowest BCUT2D eigenvalue weighted by molar-refractivity contribution is 0.739. The maximum atomic E-state index is 12.1. The Morgan fingerprint density at radius 2 is 1.79 bits per heavy atom. The van der Waals surface area contributed by atoms with Gasteiger partial charge in [0.2, 0.25) is 5.69 Å². The molecule has 148 valence electrons. The molecule has 8 nitrogen and oxygen atoms in total. The molecule has 10 heteroatoms. The van der Waals surface area contributed by atoms with Gasteiger partial charge in [-0.3, -0.25) is 14.6 Å². The molecule has 0 atom stereocenters. The topological polar surface area (TPSA) is 124 Å². The van der Waals surface area contributed by atoms with Crippen LogP contribution in [0.3, 0.4) is 0 Å². The van der Waals surface area contributed by atoms with Crippen LogP contribution in [-0.2, 0) is 6.42 Å². The van der Waals surface area contributed by atoms with Crippen molar-refractivity contribution in [3.8, 4) is 11.8 Å². The molecule has 3 rings (SSSR count). The van der Waals surface area contributed by atoms with Gasteiger partial charge in [-0.05, 0) is 35.2 Å². The number of rotatable bonds is 4. The van der Waals surface area contributed by atoms with Crippen LogP contribution in [0.1, 0.15) is 42.1 Å². The summed E-state index contributed by atoms with van der Waals surface area (Å²) in [6.07, 6.45) is 2.20. The van der Waals surface area contributed by atoms with E-state index in [1.54, 1.807) is 24.4 Å². The first-order chi connectivity index (χ1) is 13.7. The largest absolute Gasteiger partial charge is 0.349 e. The molecule has 0 spiro atoms. The molecular weight excluding hydrogens is 506 g/mol. The fourth-order valence-electron chi connectivity index (χ4n) is 2.81. The van der Waals surface area contributed by atoms with Gasteiger partial charge in [-0.1, -0.05) is 45.7 Å². The van der Waals surface area contributed by atoms with Gasteiger partial charge in [-0.15, -0.1) is 5.10 Å². The number of aromatic amines is 2. The fraction of sp³-hybridized carbons (Fsp3) is 0.211. The Hall–Kier alpha value is -2.77. The highest BCUT2D eigenvalue weighted by Gasteiger charge is 2.14. The van der Waals surface area contributed by atoms with Crippen LogP contribution in [0.4, 0.5) is 0 Å². The molecule has 0 fully saturated rings. The van der Waals surface area contributed by atoms with Gasteiger partial charge in [-0.2, -0.15) is 9.94 Å². The van der Waals surface area contributed by atoms with Gasteiger partial charge in [0.25, 0.3) is 11.1 Å². The minimum absolute atomic E-state index is 0.0977. The average molecular weight is 521 g/mol. The van der Waals surface area contributed by atoms with E-state index in [-0.39, 0.29) is 11.5 Å². The number of benzene rings is 1. The summed E-state index contributed by atoms with van der Waals surface area (Å²) in [6, 6.07) is 6.88. The predicted molar refractivity (Wildman–Crippen MR) is 115 cm³/mol. The minimum Gasteiger partial charge on any atom is -0.329 e. The number of nitrogens with zero attached hydrogens (tertiary/aromatic N) is 3. The van der Waals surface area contributed by atoms with Crippen molar-refractivity contribution in [3.05, 3.63) is 86.9 Å². The van der Waals surface area contributed by atoms with E-state index < -0.39 is 16.9 Å². The smallest absolute Gasteiger partial charge is 0.329 e. The molecule has 3 aromatic rings. The standard InChI is InChI=1S/C19H15Br2N5O3/c1-9(2)12-3-10(8-23-17(12)27)4-13-14(20)5-11(6-15(13)21)26-19(29)24-18(28)16(7-22)25-26/h3,5-6,8-9H,4H2,1-2H3,(H,23,27)(H,24,28,29). The van der Waals surface area contributed by atoms with E-state index in [0.717, 1.165) is 15.8 Å². The van der Waals surface area contributed by atoms with Gasteiger partial charge in [0.15, 0.2) is 0 Å². The van der Waals surface area contributed by atoms with E-state index in [1.165, 1.54) is 0 Å². The van der Waals surface area contributed by atoms with E-state index in [9.17, 15) is 14.4 Å². The predicted octanol–water partition coefficient (Wildman–Crippen LogP) is 2.72. The number of aromatic nitrogens is 4. The van der Waals surface area contributed by atoms with E-state index in [2.05, 4.69) is 46.9 Å². The van der Waals surface area contributed by atoms with Gasteiger partial charge in [0.05, 0.1) is 5.69 Å². The van der Waals surface area contributed by atoms with Gasteiger partial charge >= 0.3 is 5.69 Å². The Kier molecular flexibility index (Phi) is 6.00. The quantitative estimate of drug-likeness (QED) is 0.547. The van der Waals surface area contributed by atoms with Crippen LogP contribution < -0.4 is 16.8 Å². The summed E-state index contributed by atoms with van der Waals surface area (Å²) >= 11 is 7.01. The number of nitriles is 1. The summed E-state index contributed by atoms with van der Waals surface area (Å²) in [4.78, 5) is 40.4. The lowest BCUT2D eigenvalue weighted by Gasteiger charge is -2.12. The average Bonchev–Trinajstić information content (AvgIpc) is 2.65. The summed E-state index contributed by atoms with van der Waals surface area (Å²) in [5.41, 5.74) is 0.811. The maximum Gasteiger partial charge on any atom is 0.349 e. The normalized spacial score (nSPS) is 10.9. The Bertz CT molecular complexity index is 1290. The fourth-order valence-corrected chi connectivity index (χ4v) is 4.26. The van der Waals surface area contributed by atoms with Crippen LogP contribution >= 0.6 is 31.9 Å². The highest BCUT2D eigenvalue weighted by atomic mass is 79.9. The highest BCUT2D eigenvalue weighted by molar-refractivity contribution is 9.11. The Morgan fingerprint density at radius 3 is 2.38 bits per heavy atom. The second-order valence-corrected chi connectivity index (χ2v) is 8.35. The zero-order chi connectivity index (χ0) is 21.3. The number of halogens is 2. The Labute approximate surface area is 181 Å². The summed E-state index contributed by atoms with van der Waals surface area (Å²) in [5.74, 6) is 0.0977. The third-order valence-corrected chi connectivity index (χ3v) is 5.71. The lowest BCUT2D eigenvalue weighted by atomic mass is 10.00. The van der Waals surface area contributed by atoms with Crippen LogP contribution in [0.2, 0.25) is 0 Å². The summed E-state index contributed by atoms with van der Waals surface area (Å²) in [5, 5.41) is 12.8. The number of H-pyrrole nitrogens is 2. The molecule has 0 aliphatic rings. The van der Waals surface area contributed by atoms with Crippen molar-refractivity contribution < 1.29 is 0 Å². The highest BCUT2D eigenvalue weighted by Crippen LogP contribution is 2.30. The molecule has 0 aliphatic carbocycles. The van der Waals surface area contributed by atoms with Crippen LogP contribution in [0, 0.1) is 11.3 Å². The third kappa shape index (κ3) is 4.31. The molecular formula is C19H15Br2N5O3. The Balaban J connectivity index is 2.05. The molecule has 0 saturated heterocycles. The maximum absolute atomic E-state index is 12.1. The first-order valence-corrected chi connectivity index (χ1v) is 10.1. The van der Waals surface area contributed by atoms with Crippen LogP contribution in [-0.4, -0.2) is 19.7 Å². The molecule has 2 heterocycles. The van der Waals surface area contributed by atoms with Gasteiger partial charge < -0.3 is 4.98 Å². The van der Waals surface area contributed by atoms with Gasteiger partial charge in [0.1, 0.15) is 6.07 Å². The molecule has 2 aromatic heterocycles. The van der Waals surface area contributed by atoms with Gasteiger partial charge in [-0.25, -0.2) is 4.79 Å². The van der Waals surface area contributed by atoms with Crippen LogP contribution in [0.5, 0.6) is 0 Å². The molecule has 0 radical (unpaired) electrons. The monoisotopic (exact) mass is 519 g/mol. The summed E-state index contributed by atoms with van der Waals surface area (Å²) < 4.78 is 2.34. The summed E-state index contributed by atoms with van der Waals surface area (Å²) in [7, 11) is 0. The first-order valence-electron chi connectivity index (χ1n) is 8.54. The molecule has 0 aliphatic heterocycles. The van der Waals surface area contributed by atoms with E-state index in [1.807, 2.05) is 19.9 Å². The van der Waals surface area contributed by atoms with Crippen molar-refractivity contribution in [1.82, 2.24) is 19.7 Å². The molecule has 0 bridgehead atoms. The second-order valence-electron chi connectivity index (χ2n) is 6.64. The van der Waals surface area contributed by atoms with Crippen LogP contribution in [0.15, 0.2) is 47.7 Å². The zero-order valence-corrected chi connectivity index (χ0v) is 18.6. The molecule has 29 heavy (non-hydrogen) atoms. The molecule has 0 amide bonds. The van der Waals surface area contributed by atoms with E-state index in [4.69, 9.17) is 5.26 Å². The second kappa shape index (κ2) is 8.31. The van der Waals surface area contributed by atoms with Crippen molar-refractivity contribution in [2.45, 2.75) is 26.2 Å². The number of hydrogen-bond donors (Lipinski definition) is 2. The van der Waals surface area contributed by atoms with Crippen molar-refractivity contribution >= 4 is 31.9 Å². The third-order valence-electron chi connectivity index (χ3n) is 4.30. The zero-order valence-electron chi connectivity index (χ0n) is 15.4. The first kappa shape index (κ1) is 21.0. The van der Waals surface area contributed by atoms with E-state index >= 15 is 0 Å². The lowest BCUT2D eigenvalue weighted by Crippen LogP contribution is -2.33. The summed E-state index contributed by atoms with van der Waals surface area (Å²) in [6.45, 7) is 3.92. The molecule has 1 aromatic carbocycles. The van der Waals surface area contributed by atoms with Gasteiger partial charge in [0, 0.05) is 27.1 Å². The Morgan fingerprint density at radius 1 is 1.14 bits per heavy atom. The van der Waals surface area contributed by atoms with Crippen molar-refractivity contribution in [1.29, 1.82) is 5.26 Å². The van der Waals surface area contributed by atoms with Crippen molar-refractivity contribution in [2.75, 3.05) is 0 Å². The minimum atomic E-state index is -0.831. The number of hydrogen-bond acceptors (Lipinski definition) is 5. The number of nitrogens with one attached hydrogen (secondary N) is 2. The van der Waals surface area contributed by atoms with E-state index in [0.29, 0.717) is 26.6 Å². The molecule has 0 unspecified atom stereocenters. The molecule has 0 saturated carbocycles.